The number of aromatic nitrogens is 1. The Kier molecular flexibility index (Phi) is 2.67. The van der Waals surface area contributed by atoms with E-state index in [9.17, 15) is 4.79 Å². The molecule has 1 heterocycles. The van der Waals surface area contributed by atoms with Crippen LogP contribution in [0.2, 0.25) is 0 Å². The van der Waals surface area contributed by atoms with Crippen molar-refractivity contribution in [1.29, 1.82) is 0 Å². The highest BCUT2D eigenvalue weighted by Gasteiger charge is 2.22. The molecule has 5 heteroatoms. The lowest BCUT2D eigenvalue weighted by molar-refractivity contribution is 0.240. The van der Waals surface area contributed by atoms with Gasteiger partial charge in [0.2, 0.25) is 0 Å². The van der Waals surface area contributed by atoms with E-state index in [4.69, 9.17) is 0 Å². The van der Waals surface area contributed by atoms with Crippen molar-refractivity contribution < 1.29 is 4.79 Å². The van der Waals surface area contributed by atoms with Crippen molar-refractivity contribution in [2.24, 2.45) is 0 Å². The first-order valence-corrected chi connectivity index (χ1v) is 5.57. The number of urea groups is 1. The maximum absolute atomic E-state index is 11.3. The average Bonchev–Trinajstić information content (AvgIpc) is 2.86. The van der Waals surface area contributed by atoms with Crippen LogP contribution in [0.4, 0.5) is 4.79 Å². The van der Waals surface area contributed by atoms with Crippen LogP contribution in [0.15, 0.2) is 5.51 Å². The third-order valence-electron chi connectivity index (χ3n) is 2.17. The summed E-state index contributed by atoms with van der Waals surface area (Å²) in [6.45, 7) is 2.53. The molecule has 76 valence electrons. The molecule has 0 spiro atoms. The number of amides is 2. The Hall–Kier alpha value is -1.10. The number of nitrogens with zero attached hydrogens (tertiary/aromatic N) is 1. The molecule has 0 atom stereocenters. The van der Waals surface area contributed by atoms with Crippen LogP contribution in [0.5, 0.6) is 0 Å². The molecule has 1 aromatic rings. The van der Waals surface area contributed by atoms with Crippen molar-refractivity contribution in [3.8, 4) is 0 Å². The minimum atomic E-state index is -0.0692. The number of rotatable bonds is 3. The third kappa shape index (κ3) is 2.45. The summed E-state index contributed by atoms with van der Waals surface area (Å²) in [5.74, 6) is 0. The van der Waals surface area contributed by atoms with Crippen LogP contribution in [0, 0.1) is 6.92 Å². The molecule has 0 aromatic carbocycles. The molecule has 4 nitrogen and oxygen atoms in total. The van der Waals surface area contributed by atoms with Crippen LogP contribution in [0.25, 0.3) is 0 Å². The summed E-state index contributed by atoms with van der Waals surface area (Å²) in [5.41, 5.74) is 2.80. The Morgan fingerprint density at radius 1 is 1.71 bits per heavy atom. The highest BCUT2D eigenvalue weighted by Crippen LogP contribution is 2.18. The summed E-state index contributed by atoms with van der Waals surface area (Å²) in [6, 6.07) is 0.345. The monoisotopic (exact) mass is 211 g/mol. The number of aryl methyl sites for hydroxylation is 1. The van der Waals surface area contributed by atoms with E-state index < -0.39 is 0 Å². The van der Waals surface area contributed by atoms with Gasteiger partial charge in [-0.15, -0.1) is 11.3 Å². The van der Waals surface area contributed by atoms with Crippen LogP contribution in [0.1, 0.15) is 23.4 Å². The number of thiazole rings is 1. The van der Waals surface area contributed by atoms with Crippen LogP contribution >= 0.6 is 11.3 Å². The summed E-state index contributed by atoms with van der Waals surface area (Å²) in [4.78, 5) is 16.5. The first-order chi connectivity index (χ1) is 6.75. The SMILES string of the molecule is Cc1ncsc1CNC(=O)NC1CC1. The minimum absolute atomic E-state index is 0.0692. The zero-order chi connectivity index (χ0) is 9.97. The van der Waals surface area contributed by atoms with Gasteiger partial charge in [-0.05, 0) is 19.8 Å². The fourth-order valence-corrected chi connectivity index (χ4v) is 1.84. The quantitative estimate of drug-likeness (QED) is 0.794. The van der Waals surface area contributed by atoms with E-state index in [2.05, 4.69) is 15.6 Å². The van der Waals surface area contributed by atoms with Gasteiger partial charge in [-0.3, -0.25) is 0 Å². The normalized spacial score (nSPS) is 15.2. The molecule has 0 saturated heterocycles. The molecule has 0 aliphatic heterocycles. The van der Waals surface area contributed by atoms with E-state index >= 15 is 0 Å². The third-order valence-corrected chi connectivity index (χ3v) is 3.10. The van der Waals surface area contributed by atoms with Gasteiger partial charge >= 0.3 is 6.03 Å². The minimum Gasteiger partial charge on any atom is -0.335 e. The van der Waals surface area contributed by atoms with E-state index in [0.717, 1.165) is 23.4 Å². The van der Waals surface area contributed by atoms with Gasteiger partial charge in [0.1, 0.15) is 0 Å². The molecular formula is C9H13N3OS. The Labute approximate surface area is 86.7 Å². The molecule has 0 radical (unpaired) electrons. The maximum atomic E-state index is 11.3. The van der Waals surface area contributed by atoms with Gasteiger partial charge in [-0.25, -0.2) is 9.78 Å². The van der Waals surface area contributed by atoms with Crippen molar-refractivity contribution in [3.05, 3.63) is 16.1 Å². The molecule has 1 aliphatic rings. The first kappa shape index (κ1) is 9.45. The smallest absolute Gasteiger partial charge is 0.315 e. The lowest BCUT2D eigenvalue weighted by atomic mass is 10.4. The predicted molar refractivity (Wildman–Crippen MR) is 55.2 cm³/mol. The highest BCUT2D eigenvalue weighted by molar-refractivity contribution is 7.09. The van der Waals surface area contributed by atoms with E-state index in [-0.39, 0.29) is 6.03 Å². The second-order valence-electron chi connectivity index (χ2n) is 3.46. The molecule has 0 bridgehead atoms. The van der Waals surface area contributed by atoms with Crippen LogP contribution in [-0.2, 0) is 6.54 Å². The van der Waals surface area contributed by atoms with E-state index in [1.807, 2.05) is 6.92 Å². The number of carbonyl (C=O) groups is 1. The lowest BCUT2D eigenvalue weighted by Crippen LogP contribution is -2.36. The molecular weight excluding hydrogens is 198 g/mol. The second kappa shape index (κ2) is 3.96. The molecule has 2 amide bonds. The topological polar surface area (TPSA) is 54.0 Å². The van der Waals surface area contributed by atoms with Gasteiger partial charge in [0, 0.05) is 10.9 Å². The van der Waals surface area contributed by atoms with Crippen LogP contribution in [0.3, 0.4) is 0 Å². The molecule has 2 N–H and O–H groups in total. The summed E-state index contributed by atoms with van der Waals surface area (Å²) >= 11 is 1.57. The highest BCUT2D eigenvalue weighted by atomic mass is 32.1. The lowest BCUT2D eigenvalue weighted by Gasteiger charge is -2.04. The standard InChI is InChI=1S/C9H13N3OS/c1-6-8(14-5-11-6)4-10-9(13)12-7-2-3-7/h5,7H,2-4H2,1H3,(H2,10,12,13). The fraction of sp³-hybridized carbons (Fsp3) is 0.556. The van der Waals surface area contributed by atoms with Crippen molar-refractivity contribution >= 4 is 17.4 Å². The van der Waals surface area contributed by atoms with Gasteiger partial charge in [-0.2, -0.15) is 0 Å². The molecule has 1 fully saturated rings. The largest absolute Gasteiger partial charge is 0.335 e. The van der Waals surface area contributed by atoms with Crippen molar-refractivity contribution in [2.75, 3.05) is 0 Å². The van der Waals surface area contributed by atoms with Crippen molar-refractivity contribution in [2.45, 2.75) is 32.4 Å². The summed E-state index contributed by atoms with van der Waals surface area (Å²) in [7, 11) is 0. The molecule has 1 saturated carbocycles. The molecule has 1 aromatic heterocycles. The molecule has 0 unspecified atom stereocenters. The summed E-state index contributed by atoms with van der Waals surface area (Å²) in [5, 5.41) is 5.69. The number of hydrogen-bond acceptors (Lipinski definition) is 3. The van der Waals surface area contributed by atoms with Gasteiger partial charge < -0.3 is 10.6 Å². The number of carbonyl (C=O) groups excluding carboxylic acids is 1. The average molecular weight is 211 g/mol. The van der Waals surface area contributed by atoms with E-state index in [0.29, 0.717) is 12.6 Å². The Morgan fingerprint density at radius 3 is 3.07 bits per heavy atom. The van der Waals surface area contributed by atoms with E-state index in [1.54, 1.807) is 16.8 Å². The van der Waals surface area contributed by atoms with Crippen LogP contribution in [-0.4, -0.2) is 17.1 Å². The van der Waals surface area contributed by atoms with Gasteiger partial charge in [-0.1, -0.05) is 0 Å². The van der Waals surface area contributed by atoms with Gasteiger partial charge in [0.05, 0.1) is 17.7 Å². The van der Waals surface area contributed by atoms with Gasteiger partial charge in [0.15, 0.2) is 0 Å². The van der Waals surface area contributed by atoms with Crippen LogP contribution < -0.4 is 10.6 Å². The first-order valence-electron chi connectivity index (χ1n) is 4.69. The van der Waals surface area contributed by atoms with Crippen molar-refractivity contribution in [1.82, 2.24) is 15.6 Å². The second-order valence-corrected chi connectivity index (χ2v) is 4.40. The molecule has 1 aliphatic carbocycles. The fourth-order valence-electron chi connectivity index (χ4n) is 1.12. The Morgan fingerprint density at radius 2 is 2.50 bits per heavy atom. The predicted octanol–water partition coefficient (Wildman–Crippen LogP) is 1.41. The number of nitrogens with one attached hydrogen (secondary N) is 2. The molecule has 2 rings (SSSR count). The number of hydrogen-bond donors (Lipinski definition) is 2. The summed E-state index contributed by atoms with van der Waals surface area (Å²) < 4.78 is 0. The zero-order valence-electron chi connectivity index (χ0n) is 8.04. The Bertz CT molecular complexity index is 333. The summed E-state index contributed by atoms with van der Waals surface area (Å²) in [6.07, 6.45) is 2.24. The zero-order valence-corrected chi connectivity index (χ0v) is 8.86. The van der Waals surface area contributed by atoms with E-state index in [1.165, 1.54) is 0 Å². The Balaban J connectivity index is 1.76. The molecule has 14 heavy (non-hydrogen) atoms. The van der Waals surface area contributed by atoms with Gasteiger partial charge in [0.25, 0.3) is 0 Å². The maximum Gasteiger partial charge on any atom is 0.315 e. The van der Waals surface area contributed by atoms with Crippen molar-refractivity contribution in [3.63, 3.8) is 0 Å².